The monoisotopic (exact) mass is 263 g/mol. The van der Waals surface area contributed by atoms with Gasteiger partial charge in [0.25, 0.3) is 0 Å². The highest BCUT2D eigenvalue weighted by Gasteiger charge is 2.07. The molecule has 6 heteroatoms. The molecule has 5 nitrogen and oxygen atoms in total. The molecule has 0 bridgehead atoms. The molecule has 1 heterocycles. The van der Waals surface area contributed by atoms with Crippen molar-refractivity contribution in [3.8, 4) is 0 Å². The molecule has 0 aliphatic rings. The maximum Gasteiger partial charge on any atom is 0.175 e. The molecule has 1 N–H and O–H groups in total. The van der Waals surface area contributed by atoms with Crippen molar-refractivity contribution in [3.05, 3.63) is 48.5 Å². The summed E-state index contributed by atoms with van der Waals surface area (Å²) in [6, 6.07) is 6.69. The molecule has 0 aliphatic carbocycles. The molecule has 0 saturated carbocycles. The predicted octanol–water partition coefficient (Wildman–Crippen LogP) is 1.49. The summed E-state index contributed by atoms with van der Waals surface area (Å²) >= 11 is 0. The van der Waals surface area contributed by atoms with Gasteiger partial charge in [-0.15, -0.1) is 0 Å². The Labute approximate surface area is 106 Å². The largest absolute Gasteiger partial charge is 0.379 e. The molecule has 2 rings (SSSR count). The van der Waals surface area contributed by atoms with Crippen molar-refractivity contribution < 1.29 is 8.42 Å². The molecule has 18 heavy (non-hydrogen) atoms. The molecule has 0 amide bonds. The second kappa shape index (κ2) is 5.14. The van der Waals surface area contributed by atoms with Gasteiger partial charge in [0.15, 0.2) is 9.84 Å². The normalized spacial score (nSPS) is 11.2. The Morgan fingerprint density at radius 2 is 2.11 bits per heavy atom. The van der Waals surface area contributed by atoms with Crippen LogP contribution in [0.5, 0.6) is 0 Å². The maximum absolute atomic E-state index is 11.4. The highest BCUT2D eigenvalue weighted by atomic mass is 32.2. The minimum atomic E-state index is -3.18. The van der Waals surface area contributed by atoms with E-state index in [4.69, 9.17) is 0 Å². The van der Waals surface area contributed by atoms with E-state index in [1.165, 1.54) is 6.26 Å². The number of nitrogens with one attached hydrogen (secondary N) is 1. The highest BCUT2D eigenvalue weighted by molar-refractivity contribution is 7.90. The maximum atomic E-state index is 11.4. The summed E-state index contributed by atoms with van der Waals surface area (Å²) in [4.78, 5) is 8.37. The molecule has 0 aliphatic heterocycles. The number of hydrogen-bond acceptors (Lipinski definition) is 5. The predicted molar refractivity (Wildman–Crippen MR) is 68.9 cm³/mol. The van der Waals surface area contributed by atoms with Crippen molar-refractivity contribution in [1.29, 1.82) is 0 Å². The van der Waals surface area contributed by atoms with Crippen molar-refractivity contribution in [2.75, 3.05) is 11.6 Å². The number of hydrogen-bond donors (Lipinski definition) is 1. The van der Waals surface area contributed by atoms with Crippen LogP contribution >= 0.6 is 0 Å². The first-order valence-corrected chi connectivity index (χ1v) is 7.24. The lowest BCUT2D eigenvalue weighted by Crippen LogP contribution is -2.03. The Hall–Kier alpha value is -1.95. The fraction of sp³-hybridized carbons (Fsp3) is 0.167. The minimum Gasteiger partial charge on any atom is -0.379 e. The van der Waals surface area contributed by atoms with Crippen molar-refractivity contribution >= 4 is 15.5 Å². The van der Waals surface area contributed by atoms with Crippen LogP contribution in [-0.2, 0) is 16.4 Å². The third kappa shape index (κ3) is 3.27. The topological polar surface area (TPSA) is 72.0 Å². The highest BCUT2D eigenvalue weighted by Crippen LogP contribution is 2.15. The van der Waals surface area contributed by atoms with Gasteiger partial charge in [0.05, 0.1) is 23.3 Å². The quantitative estimate of drug-likeness (QED) is 0.905. The van der Waals surface area contributed by atoms with Crippen LogP contribution in [0.25, 0.3) is 0 Å². The molecule has 0 radical (unpaired) electrons. The summed E-state index contributed by atoms with van der Waals surface area (Å²) in [7, 11) is -3.18. The smallest absolute Gasteiger partial charge is 0.175 e. The first-order valence-electron chi connectivity index (χ1n) is 5.34. The van der Waals surface area contributed by atoms with Gasteiger partial charge >= 0.3 is 0 Å². The number of anilines is 1. The molecule has 0 saturated heterocycles. The van der Waals surface area contributed by atoms with Crippen LogP contribution in [0.4, 0.5) is 5.69 Å². The molecular weight excluding hydrogens is 250 g/mol. The fourth-order valence-electron chi connectivity index (χ4n) is 1.45. The van der Waals surface area contributed by atoms with Crippen molar-refractivity contribution in [1.82, 2.24) is 9.97 Å². The van der Waals surface area contributed by atoms with E-state index in [0.29, 0.717) is 11.4 Å². The van der Waals surface area contributed by atoms with E-state index in [2.05, 4.69) is 15.3 Å². The average Bonchev–Trinajstić information content (AvgIpc) is 2.37. The van der Waals surface area contributed by atoms with Crippen molar-refractivity contribution in [2.24, 2.45) is 0 Å². The summed E-state index contributed by atoms with van der Waals surface area (Å²) in [5, 5.41) is 3.11. The zero-order valence-corrected chi connectivity index (χ0v) is 10.7. The number of aromatic nitrogens is 2. The van der Waals surface area contributed by atoms with Gasteiger partial charge in [0.1, 0.15) is 0 Å². The zero-order chi connectivity index (χ0) is 13.0. The lowest BCUT2D eigenvalue weighted by Gasteiger charge is -2.07. The van der Waals surface area contributed by atoms with E-state index in [0.717, 1.165) is 11.4 Å². The van der Waals surface area contributed by atoms with Crippen LogP contribution in [0.15, 0.2) is 47.8 Å². The summed E-state index contributed by atoms with van der Waals surface area (Å²) in [5.41, 5.74) is 1.53. The SMILES string of the molecule is CS(=O)(=O)c1cccc(NCc2cnccn2)c1. The number of benzene rings is 1. The van der Waals surface area contributed by atoms with E-state index in [1.54, 1.807) is 36.8 Å². The van der Waals surface area contributed by atoms with Crippen LogP contribution in [-0.4, -0.2) is 24.6 Å². The van der Waals surface area contributed by atoms with E-state index in [-0.39, 0.29) is 0 Å². The van der Waals surface area contributed by atoms with Gasteiger partial charge in [-0.3, -0.25) is 9.97 Å². The molecule has 0 spiro atoms. The van der Waals surface area contributed by atoms with E-state index >= 15 is 0 Å². The van der Waals surface area contributed by atoms with Gasteiger partial charge in [-0.05, 0) is 18.2 Å². The summed E-state index contributed by atoms with van der Waals surface area (Å²) in [6.07, 6.45) is 6.07. The number of sulfone groups is 1. The Morgan fingerprint density at radius 3 is 2.78 bits per heavy atom. The molecule has 1 aromatic carbocycles. The standard InChI is InChI=1S/C12H13N3O2S/c1-18(16,17)12-4-2-3-10(7-12)15-9-11-8-13-5-6-14-11/h2-8,15H,9H2,1H3. The number of rotatable bonds is 4. The molecular formula is C12H13N3O2S. The van der Waals surface area contributed by atoms with Gasteiger partial charge in [0, 0.05) is 24.3 Å². The summed E-state index contributed by atoms with van der Waals surface area (Å²) in [6.45, 7) is 0.501. The second-order valence-electron chi connectivity index (χ2n) is 3.85. The Bertz CT molecular complexity index is 627. The first kappa shape index (κ1) is 12.5. The Morgan fingerprint density at radius 1 is 1.28 bits per heavy atom. The average molecular weight is 263 g/mol. The van der Waals surface area contributed by atoms with Crippen molar-refractivity contribution in [2.45, 2.75) is 11.4 Å². The molecule has 94 valence electrons. The summed E-state index contributed by atoms with van der Waals surface area (Å²) < 4.78 is 22.8. The third-order valence-electron chi connectivity index (χ3n) is 2.35. The molecule has 2 aromatic rings. The number of nitrogens with zero attached hydrogens (tertiary/aromatic N) is 2. The van der Waals surface area contributed by atoms with Crippen LogP contribution in [0.3, 0.4) is 0 Å². The van der Waals surface area contributed by atoms with Crippen LogP contribution < -0.4 is 5.32 Å². The molecule has 1 aromatic heterocycles. The lowest BCUT2D eigenvalue weighted by atomic mass is 10.3. The fourth-order valence-corrected chi connectivity index (χ4v) is 2.12. The van der Waals surface area contributed by atoms with Crippen LogP contribution in [0.2, 0.25) is 0 Å². The summed E-state index contributed by atoms with van der Waals surface area (Å²) in [5.74, 6) is 0. The Balaban J connectivity index is 2.11. The Kier molecular flexibility index (Phi) is 3.57. The lowest BCUT2D eigenvalue weighted by molar-refractivity contribution is 0.602. The van der Waals surface area contributed by atoms with Crippen LogP contribution in [0, 0.1) is 0 Å². The van der Waals surface area contributed by atoms with Gasteiger partial charge in [-0.1, -0.05) is 6.07 Å². The van der Waals surface area contributed by atoms with E-state index < -0.39 is 9.84 Å². The molecule has 0 atom stereocenters. The van der Waals surface area contributed by atoms with E-state index in [1.807, 2.05) is 6.07 Å². The molecule has 0 unspecified atom stereocenters. The van der Waals surface area contributed by atoms with Crippen molar-refractivity contribution in [3.63, 3.8) is 0 Å². The second-order valence-corrected chi connectivity index (χ2v) is 5.87. The minimum absolute atomic E-state index is 0.298. The van der Waals surface area contributed by atoms with Gasteiger partial charge in [-0.25, -0.2) is 8.42 Å². The first-order chi connectivity index (χ1) is 8.55. The zero-order valence-electron chi connectivity index (χ0n) is 9.87. The molecule has 0 fully saturated rings. The van der Waals surface area contributed by atoms with Crippen LogP contribution in [0.1, 0.15) is 5.69 Å². The van der Waals surface area contributed by atoms with E-state index in [9.17, 15) is 8.42 Å². The third-order valence-corrected chi connectivity index (χ3v) is 3.46. The van der Waals surface area contributed by atoms with Gasteiger partial charge in [-0.2, -0.15) is 0 Å². The van der Waals surface area contributed by atoms with Gasteiger partial charge in [0.2, 0.25) is 0 Å². The van der Waals surface area contributed by atoms with Gasteiger partial charge < -0.3 is 5.32 Å².